The van der Waals surface area contributed by atoms with Gasteiger partial charge in [-0.05, 0) is 74.4 Å². The van der Waals surface area contributed by atoms with Crippen molar-refractivity contribution < 1.29 is 18.7 Å². The van der Waals surface area contributed by atoms with Gasteiger partial charge in [-0.25, -0.2) is 9.18 Å². The molecule has 36 heavy (non-hydrogen) atoms. The molecule has 0 aliphatic heterocycles. The monoisotopic (exact) mass is 496 g/mol. The first kappa shape index (κ1) is 29.1. The summed E-state index contributed by atoms with van der Waals surface area (Å²) < 4.78 is 19.6. The number of nitrogens with zero attached hydrogens (tertiary/aromatic N) is 1. The van der Waals surface area contributed by atoms with Crippen LogP contribution in [-0.2, 0) is 20.7 Å². The molecule has 2 aromatic carbocycles. The normalized spacial score (nSPS) is 12.1. The molecule has 2 rings (SSSR count). The number of carbonyl (C=O) groups excluding carboxylic acids is 2. The molecule has 0 aromatic heterocycles. The molecule has 0 unspecified atom stereocenters. The first-order valence-corrected chi connectivity index (χ1v) is 12.6. The van der Waals surface area contributed by atoms with Crippen molar-refractivity contribution in [2.24, 2.45) is 11.8 Å². The molecule has 0 bridgehead atoms. The van der Waals surface area contributed by atoms with Crippen LogP contribution in [0, 0.1) is 17.7 Å². The number of esters is 1. The predicted molar refractivity (Wildman–Crippen MR) is 147 cm³/mol. The number of hydrogen-bond donors (Lipinski definition) is 1. The largest absolute Gasteiger partial charge is 0.457 e. The Labute approximate surface area is 215 Å². The first-order valence-electron chi connectivity index (χ1n) is 12.6. The quantitative estimate of drug-likeness (QED) is 0.288. The molecule has 0 saturated carbocycles. The highest BCUT2D eigenvalue weighted by atomic mass is 19.1. The molecule has 0 fully saturated rings. The molecule has 0 radical (unpaired) electrons. The number of amides is 1. The van der Waals surface area contributed by atoms with Crippen LogP contribution in [-0.4, -0.2) is 30.6 Å². The van der Waals surface area contributed by atoms with Crippen molar-refractivity contribution in [3.63, 3.8) is 0 Å². The lowest BCUT2D eigenvalue weighted by molar-refractivity contribution is -0.148. The maximum Gasteiger partial charge on any atom is 0.331 e. The summed E-state index contributed by atoms with van der Waals surface area (Å²) in [5, 5.41) is 3.01. The van der Waals surface area contributed by atoms with Gasteiger partial charge in [0.15, 0.2) is 0 Å². The van der Waals surface area contributed by atoms with Gasteiger partial charge in [0.05, 0.1) is 17.8 Å². The highest BCUT2D eigenvalue weighted by molar-refractivity contribution is 5.97. The summed E-state index contributed by atoms with van der Waals surface area (Å²) in [5.41, 5.74) is 2.80. The van der Waals surface area contributed by atoms with Crippen LogP contribution in [0.25, 0.3) is 5.57 Å². The Hall–Kier alpha value is -3.15. The smallest absolute Gasteiger partial charge is 0.331 e. The molecule has 0 saturated heterocycles. The molecule has 5 nitrogen and oxygen atoms in total. The van der Waals surface area contributed by atoms with Gasteiger partial charge in [-0.1, -0.05) is 52.0 Å². The molecule has 0 aliphatic rings. The van der Waals surface area contributed by atoms with E-state index in [1.54, 1.807) is 18.2 Å². The van der Waals surface area contributed by atoms with Crippen LogP contribution in [0.4, 0.5) is 15.8 Å². The maximum absolute atomic E-state index is 14.2. The molecule has 1 amide bonds. The Bertz CT molecular complexity index is 1070. The Morgan fingerprint density at radius 2 is 1.64 bits per heavy atom. The van der Waals surface area contributed by atoms with E-state index >= 15 is 0 Å². The predicted octanol–water partition coefficient (Wildman–Crippen LogP) is 6.87. The zero-order valence-electron chi connectivity index (χ0n) is 22.9. The average molecular weight is 497 g/mol. The lowest BCUT2D eigenvalue weighted by Crippen LogP contribution is -2.32. The lowest BCUT2D eigenvalue weighted by Gasteiger charge is -2.31. The van der Waals surface area contributed by atoms with Crippen molar-refractivity contribution in [2.75, 3.05) is 23.3 Å². The van der Waals surface area contributed by atoms with Crippen LogP contribution >= 0.6 is 0 Å². The minimum Gasteiger partial charge on any atom is -0.457 e. The number of carbonyl (C=O) groups is 2. The van der Waals surface area contributed by atoms with Crippen LogP contribution in [0.2, 0.25) is 0 Å². The van der Waals surface area contributed by atoms with E-state index in [2.05, 4.69) is 37.9 Å². The van der Waals surface area contributed by atoms with Gasteiger partial charge in [0.2, 0.25) is 5.91 Å². The standard InChI is InChI=1S/C30H41FN2O3/c1-20(2)18-33(19-21(3)4)27-14-13-23(22(5)15-29(35)36-30(6,7)8)16-26(27)32-28(34)17-24-11-9-10-12-25(24)31/h9-16,20-21H,17-19H2,1-8H3,(H,32,34)/b22-15+. The van der Waals surface area contributed by atoms with E-state index in [0.717, 1.165) is 29.9 Å². The third kappa shape index (κ3) is 9.48. The summed E-state index contributed by atoms with van der Waals surface area (Å²) in [6.45, 7) is 17.6. The van der Waals surface area contributed by atoms with Crippen LogP contribution < -0.4 is 10.2 Å². The third-order valence-electron chi connectivity index (χ3n) is 5.29. The van der Waals surface area contributed by atoms with Crippen LogP contribution in [0.15, 0.2) is 48.5 Å². The second-order valence-corrected chi connectivity index (χ2v) is 11.1. The second-order valence-electron chi connectivity index (χ2n) is 11.1. The van der Waals surface area contributed by atoms with Crippen molar-refractivity contribution >= 4 is 28.8 Å². The molecule has 1 N–H and O–H groups in total. The van der Waals surface area contributed by atoms with E-state index in [-0.39, 0.29) is 12.3 Å². The number of anilines is 2. The van der Waals surface area contributed by atoms with Gasteiger partial charge in [0.25, 0.3) is 0 Å². The van der Waals surface area contributed by atoms with Crippen molar-refractivity contribution in [1.82, 2.24) is 0 Å². The number of hydrogen-bond acceptors (Lipinski definition) is 4. The van der Waals surface area contributed by atoms with Crippen molar-refractivity contribution in [3.05, 3.63) is 65.5 Å². The molecule has 0 atom stereocenters. The SMILES string of the molecule is C/C(=C\C(=O)OC(C)(C)C)c1ccc(N(CC(C)C)CC(C)C)c(NC(=O)Cc2ccccc2F)c1. The zero-order chi connectivity index (χ0) is 27.0. The van der Waals surface area contributed by atoms with Crippen LogP contribution in [0.3, 0.4) is 0 Å². The van der Waals surface area contributed by atoms with Crippen molar-refractivity contribution in [1.29, 1.82) is 0 Å². The minimum atomic E-state index is -0.586. The maximum atomic E-state index is 14.2. The number of allylic oxidation sites excluding steroid dienone is 1. The summed E-state index contributed by atoms with van der Waals surface area (Å²) in [6.07, 6.45) is 1.39. The molecule has 0 aliphatic carbocycles. The Kier molecular flexibility index (Phi) is 10.3. The molecule has 2 aromatic rings. The van der Waals surface area contributed by atoms with Gasteiger partial charge in [-0.15, -0.1) is 0 Å². The van der Waals surface area contributed by atoms with Gasteiger partial charge in [-0.3, -0.25) is 4.79 Å². The van der Waals surface area contributed by atoms with E-state index in [0.29, 0.717) is 23.1 Å². The van der Waals surface area contributed by atoms with Gasteiger partial charge >= 0.3 is 5.97 Å². The van der Waals surface area contributed by atoms with E-state index in [4.69, 9.17) is 4.74 Å². The Morgan fingerprint density at radius 1 is 1.03 bits per heavy atom. The third-order valence-corrected chi connectivity index (χ3v) is 5.29. The fourth-order valence-corrected chi connectivity index (χ4v) is 3.91. The zero-order valence-corrected chi connectivity index (χ0v) is 22.9. The molecule has 0 spiro atoms. The lowest BCUT2D eigenvalue weighted by atomic mass is 10.0. The van der Waals surface area contributed by atoms with E-state index in [9.17, 15) is 14.0 Å². The highest BCUT2D eigenvalue weighted by Gasteiger charge is 2.19. The molecule has 0 heterocycles. The highest BCUT2D eigenvalue weighted by Crippen LogP contribution is 2.31. The van der Waals surface area contributed by atoms with Gasteiger partial charge in [0, 0.05) is 19.2 Å². The fraction of sp³-hybridized carbons (Fsp3) is 0.467. The van der Waals surface area contributed by atoms with Crippen molar-refractivity contribution in [3.8, 4) is 0 Å². The van der Waals surface area contributed by atoms with Crippen LogP contribution in [0.1, 0.15) is 66.5 Å². The van der Waals surface area contributed by atoms with E-state index in [1.165, 1.54) is 12.1 Å². The minimum absolute atomic E-state index is 0.0720. The summed E-state index contributed by atoms with van der Waals surface area (Å²) in [4.78, 5) is 27.6. The average Bonchev–Trinajstić information content (AvgIpc) is 2.72. The molecular formula is C30H41FN2O3. The van der Waals surface area contributed by atoms with Crippen molar-refractivity contribution in [2.45, 2.75) is 67.4 Å². The summed E-state index contributed by atoms with van der Waals surface area (Å²) in [7, 11) is 0. The van der Waals surface area contributed by atoms with Gasteiger partial charge < -0.3 is 15.0 Å². The number of nitrogens with one attached hydrogen (secondary N) is 1. The van der Waals surface area contributed by atoms with E-state index in [1.807, 2.05) is 45.9 Å². The number of ether oxygens (including phenoxy) is 1. The van der Waals surface area contributed by atoms with E-state index < -0.39 is 17.4 Å². The number of rotatable bonds is 10. The molecule has 6 heteroatoms. The van der Waals surface area contributed by atoms with Gasteiger partial charge in [-0.2, -0.15) is 0 Å². The summed E-state index contributed by atoms with van der Waals surface area (Å²) in [5.74, 6) is -0.297. The Morgan fingerprint density at radius 3 is 2.19 bits per heavy atom. The molecule has 196 valence electrons. The second kappa shape index (κ2) is 12.7. The summed E-state index contributed by atoms with van der Waals surface area (Å²) in [6, 6.07) is 12.1. The number of halogens is 1. The topological polar surface area (TPSA) is 58.6 Å². The Balaban J connectivity index is 2.45. The fourth-order valence-electron chi connectivity index (χ4n) is 3.91. The number of benzene rings is 2. The van der Waals surface area contributed by atoms with Crippen LogP contribution in [0.5, 0.6) is 0 Å². The molecular weight excluding hydrogens is 455 g/mol. The first-order chi connectivity index (χ1) is 16.7. The van der Waals surface area contributed by atoms with Gasteiger partial charge in [0.1, 0.15) is 11.4 Å². The summed E-state index contributed by atoms with van der Waals surface area (Å²) >= 11 is 0.